The Kier molecular flexibility index (Phi) is 4.93. The van der Waals surface area contributed by atoms with E-state index < -0.39 is 0 Å². The van der Waals surface area contributed by atoms with Gasteiger partial charge in [-0.2, -0.15) is 5.26 Å². The molecule has 1 saturated heterocycles. The van der Waals surface area contributed by atoms with E-state index in [1.807, 2.05) is 35.7 Å². The molecular formula is C17H21N7O. The molecule has 0 saturated carbocycles. The lowest BCUT2D eigenvalue weighted by molar-refractivity contribution is -0.138. The third kappa shape index (κ3) is 3.31. The highest BCUT2D eigenvalue weighted by molar-refractivity contribution is 5.77. The number of hydrogen-bond donors (Lipinski definition) is 1. The Hall–Kier alpha value is -2.95. The minimum Gasteiger partial charge on any atom is -0.367 e. The second kappa shape index (κ2) is 7.30. The predicted molar refractivity (Wildman–Crippen MR) is 91.3 cm³/mol. The van der Waals surface area contributed by atoms with Crippen molar-refractivity contribution >= 4 is 11.7 Å². The Morgan fingerprint density at radius 3 is 2.80 bits per heavy atom. The number of rotatable bonds is 5. The van der Waals surface area contributed by atoms with Crippen molar-refractivity contribution in [2.45, 2.75) is 25.8 Å². The SMILES string of the molecule is CCN1C(=O)CC[C@H](CNc2nccnc2C#N)[C@H]1c1nccn1C. The lowest BCUT2D eigenvalue weighted by atomic mass is 9.87. The Labute approximate surface area is 146 Å². The van der Waals surface area contributed by atoms with Crippen molar-refractivity contribution in [3.8, 4) is 6.07 Å². The van der Waals surface area contributed by atoms with Crippen molar-refractivity contribution in [1.82, 2.24) is 24.4 Å². The fourth-order valence-corrected chi connectivity index (χ4v) is 3.40. The molecule has 1 aliphatic rings. The number of nitriles is 1. The topological polar surface area (TPSA) is 99.7 Å². The van der Waals surface area contributed by atoms with Crippen molar-refractivity contribution in [3.05, 3.63) is 36.3 Å². The summed E-state index contributed by atoms with van der Waals surface area (Å²) in [6.45, 7) is 3.22. The molecule has 1 amide bonds. The van der Waals surface area contributed by atoms with Crippen molar-refractivity contribution in [2.75, 3.05) is 18.4 Å². The zero-order chi connectivity index (χ0) is 17.8. The van der Waals surface area contributed by atoms with Crippen molar-refractivity contribution in [3.63, 3.8) is 0 Å². The Balaban J connectivity index is 1.84. The van der Waals surface area contributed by atoms with Gasteiger partial charge in [-0.05, 0) is 13.3 Å². The minimum atomic E-state index is -0.0963. The van der Waals surface area contributed by atoms with Crippen molar-refractivity contribution < 1.29 is 4.79 Å². The lowest BCUT2D eigenvalue weighted by Crippen LogP contribution is -2.45. The van der Waals surface area contributed by atoms with Crippen LogP contribution in [0.2, 0.25) is 0 Å². The number of amides is 1. The Bertz CT molecular complexity index is 794. The number of piperidine rings is 1. The summed E-state index contributed by atoms with van der Waals surface area (Å²) in [7, 11) is 1.94. The van der Waals surface area contributed by atoms with E-state index in [4.69, 9.17) is 5.26 Å². The van der Waals surface area contributed by atoms with Crippen molar-refractivity contribution in [2.24, 2.45) is 13.0 Å². The molecule has 8 heteroatoms. The summed E-state index contributed by atoms with van der Waals surface area (Å²) in [6, 6.07) is 1.94. The van der Waals surface area contributed by atoms with Gasteiger partial charge >= 0.3 is 0 Å². The molecule has 0 bridgehead atoms. The van der Waals surface area contributed by atoms with Crippen LogP contribution in [0.3, 0.4) is 0 Å². The first-order valence-electron chi connectivity index (χ1n) is 8.37. The van der Waals surface area contributed by atoms with E-state index in [1.54, 1.807) is 12.4 Å². The van der Waals surface area contributed by atoms with Crippen LogP contribution >= 0.6 is 0 Å². The molecular weight excluding hydrogens is 318 g/mol. The van der Waals surface area contributed by atoms with E-state index in [0.29, 0.717) is 25.3 Å². The summed E-state index contributed by atoms with van der Waals surface area (Å²) >= 11 is 0. The summed E-state index contributed by atoms with van der Waals surface area (Å²) in [6.07, 6.45) is 7.99. The quantitative estimate of drug-likeness (QED) is 0.886. The number of aromatic nitrogens is 4. The van der Waals surface area contributed by atoms with E-state index in [1.165, 1.54) is 6.20 Å². The first-order valence-corrected chi connectivity index (χ1v) is 8.37. The fraction of sp³-hybridized carbons (Fsp3) is 0.471. The number of anilines is 1. The van der Waals surface area contributed by atoms with Gasteiger partial charge in [-0.3, -0.25) is 4.79 Å². The molecule has 3 heterocycles. The normalized spacial score (nSPS) is 20.4. The number of imidazole rings is 1. The van der Waals surface area contributed by atoms with E-state index >= 15 is 0 Å². The van der Waals surface area contributed by atoms with Crippen LogP contribution in [0.15, 0.2) is 24.8 Å². The smallest absolute Gasteiger partial charge is 0.223 e. The molecule has 25 heavy (non-hydrogen) atoms. The molecule has 2 atom stereocenters. The van der Waals surface area contributed by atoms with Gasteiger partial charge in [-0.25, -0.2) is 15.0 Å². The van der Waals surface area contributed by atoms with Crippen LogP contribution in [0.4, 0.5) is 5.82 Å². The van der Waals surface area contributed by atoms with Gasteiger partial charge in [0.1, 0.15) is 11.9 Å². The van der Waals surface area contributed by atoms with Gasteiger partial charge in [0.2, 0.25) is 5.91 Å². The highest BCUT2D eigenvalue weighted by atomic mass is 16.2. The van der Waals surface area contributed by atoms with Gasteiger partial charge in [0.05, 0.1) is 6.04 Å². The minimum absolute atomic E-state index is 0.0963. The Morgan fingerprint density at radius 1 is 1.32 bits per heavy atom. The van der Waals surface area contributed by atoms with Crippen LogP contribution in [0.25, 0.3) is 0 Å². The molecule has 0 spiro atoms. The number of carbonyl (C=O) groups is 1. The zero-order valence-electron chi connectivity index (χ0n) is 14.4. The fourth-order valence-electron chi connectivity index (χ4n) is 3.40. The second-order valence-corrected chi connectivity index (χ2v) is 6.07. The molecule has 0 unspecified atom stereocenters. The molecule has 1 aliphatic heterocycles. The molecule has 0 aromatic carbocycles. The van der Waals surface area contributed by atoms with Gasteiger partial charge in [0.25, 0.3) is 0 Å². The number of aryl methyl sites for hydroxylation is 1. The van der Waals surface area contributed by atoms with Crippen LogP contribution in [0.5, 0.6) is 0 Å². The number of nitrogens with zero attached hydrogens (tertiary/aromatic N) is 6. The van der Waals surface area contributed by atoms with Crippen LogP contribution in [-0.2, 0) is 11.8 Å². The maximum atomic E-state index is 12.4. The predicted octanol–water partition coefficient (Wildman–Crippen LogP) is 1.49. The average molecular weight is 339 g/mol. The molecule has 3 rings (SSSR count). The number of likely N-dealkylation sites (tertiary alicyclic amines) is 1. The zero-order valence-corrected chi connectivity index (χ0v) is 14.4. The standard InChI is InChI=1S/C17H21N7O/c1-3-24-14(25)5-4-12(15(24)17-21-8-9-23(17)2)11-22-16-13(10-18)19-6-7-20-16/h6-9,12,15H,3-5,11H2,1-2H3,(H,20,22)/t12-,15+/m1/s1. The van der Waals surface area contributed by atoms with Gasteiger partial charge in [0.15, 0.2) is 11.5 Å². The summed E-state index contributed by atoms with van der Waals surface area (Å²) in [5, 5.41) is 12.4. The van der Waals surface area contributed by atoms with Crippen LogP contribution in [-0.4, -0.2) is 43.4 Å². The maximum Gasteiger partial charge on any atom is 0.223 e. The molecule has 130 valence electrons. The maximum absolute atomic E-state index is 12.4. The highest BCUT2D eigenvalue weighted by Gasteiger charge is 2.38. The van der Waals surface area contributed by atoms with E-state index in [-0.39, 0.29) is 23.6 Å². The lowest BCUT2D eigenvalue weighted by Gasteiger charge is -2.40. The average Bonchev–Trinajstić information content (AvgIpc) is 3.06. The van der Waals surface area contributed by atoms with Gasteiger partial charge < -0.3 is 14.8 Å². The Morgan fingerprint density at radius 2 is 2.12 bits per heavy atom. The molecule has 1 fully saturated rings. The first-order chi connectivity index (χ1) is 12.2. The molecule has 0 aliphatic carbocycles. The van der Waals surface area contributed by atoms with Crippen molar-refractivity contribution in [1.29, 1.82) is 5.26 Å². The highest BCUT2D eigenvalue weighted by Crippen LogP contribution is 2.35. The van der Waals surface area contributed by atoms with Crippen LogP contribution in [0.1, 0.15) is 37.3 Å². The van der Waals surface area contributed by atoms with E-state index in [9.17, 15) is 4.79 Å². The number of nitrogens with one attached hydrogen (secondary N) is 1. The van der Waals surface area contributed by atoms with Gasteiger partial charge in [-0.1, -0.05) is 0 Å². The van der Waals surface area contributed by atoms with Gasteiger partial charge in [-0.15, -0.1) is 0 Å². The third-order valence-electron chi connectivity index (χ3n) is 4.63. The molecule has 2 aromatic heterocycles. The molecule has 2 aromatic rings. The summed E-state index contributed by atoms with van der Waals surface area (Å²) in [5.41, 5.74) is 0.273. The largest absolute Gasteiger partial charge is 0.367 e. The molecule has 1 N–H and O–H groups in total. The summed E-state index contributed by atoms with van der Waals surface area (Å²) in [5.74, 6) is 1.68. The second-order valence-electron chi connectivity index (χ2n) is 6.07. The monoisotopic (exact) mass is 339 g/mol. The molecule has 8 nitrogen and oxygen atoms in total. The van der Waals surface area contributed by atoms with E-state index in [2.05, 4.69) is 20.3 Å². The molecule has 0 radical (unpaired) electrons. The van der Waals surface area contributed by atoms with Gasteiger partial charge in [0, 0.05) is 57.3 Å². The van der Waals surface area contributed by atoms with Crippen LogP contribution < -0.4 is 5.32 Å². The number of carbonyl (C=O) groups excluding carboxylic acids is 1. The number of hydrogen-bond acceptors (Lipinski definition) is 6. The third-order valence-corrected chi connectivity index (χ3v) is 4.63. The summed E-state index contributed by atoms with van der Waals surface area (Å²) < 4.78 is 1.96. The van der Waals surface area contributed by atoms with E-state index in [0.717, 1.165) is 12.2 Å². The first kappa shape index (κ1) is 16.9. The van der Waals surface area contributed by atoms with Crippen LogP contribution in [0, 0.1) is 17.2 Å². The summed E-state index contributed by atoms with van der Waals surface area (Å²) in [4.78, 5) is 26.9.